The Balaban J connectivity index is 1.44. The van der Waals surface area contributed by atoms with E-state index in [1.165, 1.54) is 0 Å². The lowest BCUT2D eigenvalue weighted by Crippen LogP contribution is -2.59. The first-order valence-corrected chi connectivity index (χ1v) is 17.3. The fourth-order valence-electron chi connectivity index (χ4n) is 7.04. The number of hydrogen-bond donors (Lipinski definition) is 4. The summed E-state index contributed by atoms with van der Waals surface area (Å²) < 4.78 is 25.7. The summed E-state index contributed by atoms with van der Waals surface area (Å²) in [5.41, 5.74) is 5.17. The molecule has 4 aromatic rings. The molecule has 1 aliphatic carbocycles. The SMILES string of the molecule is CCC1=C(CCOC2OC(CO)C(O)C(O)C2O)C(c2ccccc2)C(OCc2ccccc2)(c2ccccc2)C=C1OCc1ccccc1. The topological polar surface area (TPSA) is 118 Å². The van der Waals surface area contributed by atoms with Gasteiger partial charge >= 0.3 is 0 Å². The highest BCUT2D eigenvalue weighted by atomic mass is 16.7. The molecule has 8 heteroatoms. The van der Waals surface area contributed by atoms with E-state index in [1.54, 1.807) is 0 Å². The van der Waals surface area contributed by atoms with Gasteiger partial charge in [0.2, 0.25) is 0 Å². The Morgan fingerprint density at radius 1 is 0.700 bits per heavy atom. The highest BCUT2D eigenvalue weighted by Crippen LogP contribution is 2.53. The van der Waals surface area contributed by atoms with Gasteiger partial charge in [-0.05, 0) is 52.3 Å². The number of aliphatic hydroxyl groups is 4. The molecule has 8 nitrogen and oxygen atoms in total. The van der Waals surface area contributed by atoms with Crippen LogP contribution in [0.1, 0.15) is 47.9 Å². The smallest absolute Gasteiger partial charge is 0.186 e. The summed E-state index contributed by atoms with van der Waals surface area (Å²) in [4.78, 5) is 0. The molecule has 4 aromatic carbocycles. The summed E-state index contributed by atoms with van der Waals surface area (Å²) in [6.45, 7) is 2.40. The highest BCUT2D eigenvalue weighted by molar-refractivity contribution is 5.52. The van der Waals surface area contributed by atoms with Gasteiger partial charge in [0, 0.05) is 5.92 Å². The molecule has 0 amide bonds. The molecule has 262 valence electrons. The summed E-state index contributed by atoms with van der Waals surface area (Å²) in [7, 11) is 0. The van der Waals surface area contributed by atoms with Gasteiger partial charge in [-0.3, -0.25) is 0 Å². The van der Waals surface area contributed by atoms with Gasteiger partial charge in [0.25, 0.3) is 0 Å². The average molecular weight is 679 g/mol. The molecule has 1 aliphatic heterocycles. The third kappa shape index (κ3) is 7.77. The lowest BCUT2D eigenvalue weighted by Gasteiger charge is -2.45. The molecule has 0 radical (unpaired) electrons. The van der Waals surface area contributed by atoms with Crippen molar-refractivity contribution in [3.05, 3.63) is 167 Å². The van der Waals surface area contributed by atoms with Crippen molar-refractivity contribution in [3.63, 3.8) is 0 Å². The van der Waals surface area contributed by atoms with Crippen LogP contribution >= 0.6 is 0 Å². The second-order valence-electron chi connectivity index (χ2n) is 12.7. The van der Waals surface area contributed by atoms with E-state index in [9.17, 15) is 20.4 Å². The maximum absolute atomic E-state index is 10.7. The molecule has 7 unspecified atom stereocenters. The van der Waals surface area contributed by atoms with E-state index >= 15 is 0 Å². The normalized spacial score (nSPS) is 26.8. The molecule has 4 N–H and O–H groups in total. The maximum atomic E-state index is 10.7. The minimum atomic E-state index is -1.53. The molecule has 0 bridgehead atoms. The van der Waals surface area contributed by atoms with Crippen LogP contribution in [0.25, 0.3) is 0 Å². The van der Waals surface area contributed by atoms with Crippen LogP contribution in [0.2, 0.25) is 0 Å². The van der Waals surface area contributed by atoms with Gasteiger partial charge in [0.15, 0.2) is 6.29 Å². The summed E-state index contributed by atoms with van der Waals surface area (Å²) in [6, 6.07) is 40.6. The molecule has 6 rings (SSSR count). The second kappa shape index (κ2) is 16.7. The predicted molar refractivity (Wildman–Crippen MR) is 190 cm³/mol. The minimum absolute atomic E-state index is 0.111. The summed E-state index contributed by atoms with van der Waals surface area (Å²) >= 11 is 0. The monoisotopic (exact) mass is 678 g/mol. The molecule has 50 heavy (non-hydrogen) atoms. The second-order valence-corrected chi connectivity index (χ2v) is 12.7. The zero-order chi connectivity index (χ0) is 34.9. The number of allylic oxidation sites excluding steroid dienone is 1. The van der Waals surface area contributed by atoms with Crippen LogP contribution in [0, 0.1) is 0 Å². The van der Waals surface area contributed by atoms with Gasteiger partial charge in [-0.2, -0.15) is 0 Å². The molecule has 1 heterocycles. The van der Waals surface area contributed by atoms with Crippen molar-refractivity contribution in [2.45, 2.75) is 75.2 Å². The van der Waals surface area contributed by atoms with Crippen LogP contribution in [0.15, 0.2) is 144 Å². The molecule has 1 fully saturated rings. The van der Waals surface area contributed by atoms with E-state index in [1.807, 2.05) is 84.9 Å². The molecule has 0 saturated carbocycles. The number of ether oxygens (including phenoxy) is 4. The highest BCUT2D eigenvalue weighted by Gasteiger charge is 2.48. The Morgan fingerprint density at radius 3 is 1.88 bits per heavy atom. The van der Waals surface area contributed by atoms with Gasteiger partial charge in [-0.1, -0.05) is 128 Å². The van der Waals surface area contributed by atoms with Gasteiger partial charge in [0.05, 0.1) is 19.8 Å². The van der Waals surface area contributed by atoms with Crippen molar-refractivity contribution in [2.24, 2.45) is 0 Å². The summed E-state index contributed by atoms with van der Waals surface area (Å²) in [5, 5.41) is 41.1. The van der Waals surface area contributed by atoms with Crippen molar-refractivity contribution >= 4 is 0 Å². The van der Waals surface area contributed by atoms with E-state index < -0.39 is 42.9 Å². The average Bonchev–Trinajstić information content (AvgIpc) is 3.17. The van der Waals surface area contributed by atoms with Gasteiger partial charge in [0.1, 0.15) is 42.4 Å². The van der Waals surface area contributed by atoms with Crippen LogP contribution in [-0.2, 0) is 37.8 Å². The van der Waals surface area contributed by atoms with Crippen LogP contribution in [0.4, 0.5) is 0 Å². The largest absolute Gasteiger partial charge is 0.489 e. The summed E-state index contributed by atoms with van der Waals surface area (Å²) in [5.74, 6) is 0.426. The minimum Gasteiger partial charge on any atom is -0.489 e. The van der Waals surface area contributed by atoms with E-state index in [2.05, 4.69) is 49.4 Å². The Kier molecular flexibility index (Phi) is 11.9. The Bertz CT molecular complexity index is 1690. The van der Waals surface area contributed by atoms with Crippen molar-refractivity contribution in [2.75, 3.05) is 13.2 Å². The van der Waals surface area contributed by atoms with Crippen LogP contribution in [0.3, 0.4) is 0 Å². The first-order valence-electron chi connectivity index (χ1n) is 17.3. The van der Waals surface area contributed by atoms with Crippen molar-refractivity contribution < 1.29 is 39.4 Å². The Labute approximate surface area is 293 Å². The number of rotatable bonds is 14. The Morgan fingerprint density at radius 2 is 1.28 bits per heavy atom. The van der Waals surface area contributed by atoms with Gasteiger partial charge < -0.3 is 39.4 Å². The van der Waals surface area contributed by atoms with E-state index in [0.29, 0.717) is 26.1 Å². The zero-order valence-electron chi connectivity index (χ0n) is 28.3. The lowest BCUT2D eigenvalue weighted by atomic mass is 9.67. The van der Waals surface area contributed by atoms with Crippen LogP contribution in [-0.4, -0.2) is 64.3 Å². The zero-order valence-corrected chi connectivity index (χ0v) is 28.3. The lowest BCUT2D eigenvalue weighted by molar-refractivity contribution is -0.300. The van der Waals surface area contributed by atoms with Crippen molar-refractivity contribution in [1.82, 2.24) is 0 Å². The fraction of sp³-hybridized carbons (Fsp3) is 0.333. The van der Waals surface area contributed by atoms with Gasteiger partial charge in [-0.25, -0.2) is 0 Å². The van der Waals surface area contributed by atoms with Crippen molar-refractivity contribution in [1.29, 1.82) is 0 Å². The first-order chi connectivity index (χ1) is 24.4. The number of hydrogen-bond acceptors (Lipinski definition) is 8. The third-order valence-electron chi connectivity index (χ3n) is 9.58. The first kappa shape index (κ1) is 35.7. The molecule has 0 spiro atoms. The summed E-state index contributed by atoms with van der Waals surface area (Å²) in [6.07, 6.45) is -3.57. The van der Waals surface area contributed by atoms with E-state index in [4.69, 9.17) is 18.9 Å². The number of aliphatic hydroxyl groups excluding tert-OH is 4. The molecular formula is C42H46O8. The quantitative estimate of drug-likeness (QED) is 0.130. The third-order valence-corrected chi connectivity index (χ3v) is 9.58. The maximum Gasteiger partial charge on any atom is 0.186 e. The standard InChI is InChI=1S/C42H46O8/c1-2-33-34(23-24-47-41-40(46)39(45)38(44)36(26-43)50-41)37(31-19-11-5-12-20-31)42(32-21-13-6-14-22-32,49-28-30-17-9-4-10-18-30)25-35(33)48-27-29-15-7-3-8-16-29/h3-22,25,36-41,43-46H,2,23-24,26-28H2,1H3. The fourth-order valence-corrected chi connectivity index (χ4v) is 7.04. The molecule has 2 aliphatic rings. The van der Waals surface area contributed by atoms with E-state index in [0.717, 1.165) is 39.2 Å². The van der Waals surface area contributed by atoms with E-state index in [-0.39, 0.29) is 12.5 Å². The van der Waals surface area contributed by atoms with Crippen LogP contribution in [0.5, 0.6) is 0 Å². The molecule has 7 atom stereocenters. The van der Waals surface area contributed by atoms with Crippen LogP contribution < -0.4 is 0 Å². The molecular weight excluding hydrogens is 632 g/mol. The Hall–Kier alpha value is -4.12. The molecule has 1 saturated heterocycles. The predicted octanol–water partition coefficient (Wildman–Crippen LogP) is 5.91. The van der Waals surface area contributed by atoms with Gasteiger partial charge in [-0.15, -0.1) is 0 Å². The number of benzene rings is 4. The molecule has 0 aromatic heterocycles. The van der Waals surface area contributed by atoms with Crippen molar-refractivity contribution in [3.8, 4) is 0 Å².